The summed E-state index contributed by atoms with van der Waals surface area (Å²) in [4.78, 5) is 2.39. The zero-order valence-electron chi connectivity index (χ0n) is 12.2. The van der Waals surface area contributed by atoms with Crippen molar-refractivity contribution in [3.63, 3.8) is 0 Å². The second kappa shape index (κ2) is 6.51. The van der Waals surface area contributed by atoms with E-state index in [9.17, 15) is 5.11 Å². The van der Waals surface area contributed by atoms with Crippen LogP contribution in [0.1, 0.15) is 35.6 Å². The molecule has 1 aromatic carbocycles. The van der Waals surface area contributed by atoms with E-state index in [2.05, 4.69) is 36.9 Å². The van der Waals surface area contributed by atoms with Gasteiger partial charge in [-0.3, -0.25) is 4.90 Å². The first-order valence-corrected chi connectivity index (χ1v) is 7.10. The van der Waals surface area contributed by atoms with E-state index in [0.29, 0.717) is 19.2 Å². The molecular weight excluding hydrogens is 238 g/mol. The van der Waals surface area contributed by atoms with Crippen molar-refractivity contribution in [1.82, 2.24) is 4.90 Å². The fraction of sp³-hybridized carbons (Fsp3) is 0.625. The quantitative estimate of drug-likeness (QED) is 0.885. The first-order chi connectivity index (χ1) is 9.13. The minimum absolute atomic E-state index is 0.393. The second-order valence-electron chi connectivity index (χ2n) is 5.55. The van der Waals surface area contributed by atoms with E-state index < -0.39 is 6.10 Å². The fourth-order valence-corrected chi connectivity index (χ4v) is 3.05. The van der Waals surface area contributed by atoms with Crippen LogP contribution in [0, 0.1) is 13.8 Å². The first kappa shape index (κ1) is 14.5. The Kier molecular flexibility index (Phi) is 4.97. The van der Waals surface area contributed by atoms with Crippen molar-refractivity contribution in [2.24, 2.45) is 0 Å². The Morgan fingerprint density at radius 1 is 1.42 bits per heavy atom. The van der Waals surface area contributed by atoms with Crippen molar-refractivity contribution < 1.29 is 9.84 Å². The molecule has 1 fully saturated rings. The van der Waals surface area contributed by atoms with Crippen molar-refractivity contribution >= 4 is 0 Å². The molecule has 0 amide bonds. The molecule has 1 N–H and O–H groups in total. The maximum absolute atomic E-state index is 9.93. The second-order valence-corrected chi connectivity index (χ2v) is 5.55. The molecule has 0 unspecified atom stereocenters. The number of β-amino-alcohol motifs (C(OH)–C–C–N with tert-alkyl or cyclic N) is 1. The maximum Gasteiger partial charge on any atom is 0.0900 e. The number of aliphatic hydroxyl groups excluding tert-OH is 1. The Balaban J connectivity index is 2.12. The van der Waals surface area contributed by atoms with E-state index >= 15 is 0 Å². The number of benzene rings is 1. The van der Waals surface area contributed by atoms with E-state index in [1.54, 1.807) is 7.11 Å². The number of ether oxygens (including phenoxy) is 1. The Labute approximate surface area is 116 Å². The number of nitrogens with zero attached hydrogens (tertiary/aromatic N) is 1. The number of likely N-dealkylation sites (tertiary alicyclic amines) is 1. The van der Waals surface area contributed by atoms with Crippen molar-refractivity contribution in [1.29, 1.82) is 0 Å². The summed E-state index contributed by atoms with van der Waals surface area (Å²) in [6.07, 6.45) is 2.00. The Hall–Kier alpha value is -0.900. The van der Waals surface area contributed by atoms with Crippen molar-refractivity contribution in [3.05, 3.63) is 34.9 Å². The molecule has 3 heteroatoms. The lowest BCUT2D eigenvalue weighted by molar-refractivity contribution is 0.0345. The van der Waals surface area contributed by atoms with Gasteiger partial charge in [-0.05, 0) is 49.9 Å². The highest BCUT2D eigenvalue weighted by atomic mass is 16.5. The van der Waals surface area contributed by atoms with E-state index in [1.165, 1.54) is 29.5 Å². The first-order valence-electron chi connectivity index (χ1n) is 7.10. The fourth-order valence-electron chi connectivity index (χ4n) is 3.05. The summed E-state index contributed by atoms with van der Waals surface area (Å²) < 4.78 is 5.02. The van der Waals surface area contributed by atoms with E-state index in [0.717, 1.165) is 6.54 Å². The molecule has 1 heterocycles. The molecule has 1 aliphatic heterocycles. The van der Waals surface area contributed by atoms with Crippen LogP contribution in [0.4, 0.5) is 0 Å². The smallest absolute Gasteiger partial charge is 0.0900 e. The molecular formula is C16H25NO2. The minimum Gasteiger partial charge on any atom is -0.389 e. The normalized spacial score (nSPS) is 21.8. The third-order valence-corrected chi connectivity index (χ3v) is 4.17. The number of methoxy groups -OCH3 is 1. The van der Waals surface area contributed by atoms with Crippen LogP contribution in [0.3, 0.4) is 0 Å². The molecule has 0 bridgehead atoms. The molecule has 0 aliphatic carbocycles. The maximum atomic E-state index is 9.93. The van der Waals surface area contributed by atoms with Gasteiger partial charge in [0.2, 0.25) is 0 Å². The molecule has 106 valence electrons. The number of aryl methyl sites for hydroxylation is 1. The van der Waals surface area contributed by atoms with Crippen molar-refractivity contribution in [2.45, 2.75) is 38.8 Å². The van der Waals surface area contributed by atoms with Gasteiger partial charge in [-0.2, -0.15) is 0 Å². The van der Waals surface area contributed by atoms with Crippen molar-refractivity contribution in [2.75, 3.05) is 26.8 Å². The van der Waals surface area contributed by atoms with Crippen LogP contribution in [0.5, 0.6) is 0 Å². The topological polar surface area (TPSA) is 32.7 Å². The molecule has 0 saturated carbocycles. The van der Waals surface area contributed by atoms with Gasteiger partial charge in [0.05, 0.1) is 12.7 Å². The molecule has 2 atom stereocenters. The van der Waals surface area contributed by atoms with Crippen molar-refractivity contribution in [3.8, 4) is 0 Å². The van der Waals surface area contributed by atoms with Crippen LogP contribution in [-0.2, 0) is 4.74 Å². The van der Waals surface area contributed by atoms with E-state index in [-0.39, 0.29) is 0 Å². The number of hydrogen-bond acceptors (Lipinski definition) is 3. The van der Waals surface area contributed by atoms with Crippen LogP contribution >= 0.6 is 0 Å². The van der Waals surface area contributed by atoms with Crippen LogP contribution in [-0.4, -0.2) is 42.9 Å². The highest BCUT2D eigenvalue weighted by Crippen LogP contribution is 2.34. The highest BCUT2D eigenvalue weighted by Gasteiger charge is 2.28. The summed E-state index contributed by atoms with van der Waals surface area (Å²) in [7, 11) is 1.63. The van der Waals surface area contributed by atoms with Crippen LogP contribution in [0.2, 0.25) is 0 Å². The Morgan fingerprint density at radius 2 is 2.21 bits per heavy atom. The van der Waals surface area contributed by atoms with Crippen LogP contribution in [0.25, 0.3) is 0 Å². The number of hydrogen-bond donors (Lipinski definition) is 1. The average Bonchev–Trinajstić information content (AvgIpc) is 2.81. The summed E-state index contributed by atoms with van der Waals surface area (Å²) >= 11 is 0. The molecule has 1 aromatic rings. The summed E-state index contributed by atoms with van der Waals surface area (Å²) in [5, 5.41) is 9.93. The number of rotatable bonds is 5. The van der Waals surface area contributed by atoms with Gasteiger partial charge in [-0.1, -0.05) is 18.2 Å². The molecule has 1 saturated heterocycles. The lowest BCUT2D eigenvalue weighted by Crippen LogP contribution is -2.34. The predicted octanol–water partition coefficient (Wildman–Crippen LogP) is 2.45. The summed E-state index contributed by atoms with van der Waals surface area (Å²) in [5.41, 5.74) is 4.16. The van der Waals surface area contributed by atoms with E-state index in [1.807, 2.05) is 0 Å². The average molecular weight is 263 g/mol. The zero-order chi connectivity index (χ0) is 13.8. The standard InChI is InChI=1S/C16H25NO2/c1-12-6-4-7-15(13(12)2)16-8-5-9-17(16)10-14(18)11-19-3/h4,6-7,14,16,18H,5,8-11H2,1-3H3/t14-,16-/m0/s1. The van der Waals surface area contributed by atoms with Gasteiger partial charge < -0.3 is 9.84 Å². The van der Waals surface area contributed by atoms with Gasteiger partial charge in [0, 0.05) is 19.7 Å². The molecule has 0 spiro atoms. The van der Waals surface area contributed by atoms with Gasteiger partial charge in [0.25, 0.3) is 0 Å². The molecule has 1 aliphatic rings. The lowest BCUT2D eigenvalue weighted by Gasteiger charge is -2.28. The lowest BCUT2D eigenvalue weighted by atomic mass is 9.96. The van der Waals surface area contributed by atoms with Crippen LogP contribution in [0.15, 0.2) is 18.2 Å². The minimum atomic E-state index is -0.393. The molecule has 0 radical (unpaired) electrons. The Morgan fingerprint density at radius 3 is 2.95 bits per heavy atom. The molecule has 19 heavy (non-hydrogen) atoms. The monoisotopic (exact) mass is 263 g/mol. The molecule has 2 rings (SSSR count). The SMILES string of the molecule is COC[C@@H](O)CN1CCC[C@H]1c1cccc(C)c1C. The summed E-state index contributed by atoms with van der Waals surface area (Å²) in [6.45, 7) is 6.55. The third-order valence-electron chi connectivity index (χ3n) is 4.17. The van der Waals surface area contributed by atoms with Gasteiger partial charge in [0.15, 0.2) is 0 Å². The van der Waals surface area contributed by atoms with Gasteiger partial charge in [-0.25, -0.2) is 0 Å². The zero-order valence-corrected chi connectivity index (χ0v) is 12.2. The summed E-state index contributed by atoms with van der Waals surface area (Å²) in [5.74, 6) is 0. The van der Waals surface area contributed by atoms with Gasteiger partial charge >= 0.3 is 0 Å². The molecule has 3 nitrogen and oxygen atoms in total. The van der Waals surface area contributed by atoms with Gasteiger partial charge in [-0.15, -0.1) is 0 Å². The highest BCUT2D eigenvalue weighted by molar-refractivity contribution is 5.35. The molecule has 0 aromatic heterocycles. The van der Waals surface area contributed by atoms with E-state index in [4.69, 9.17) is 4.74 Å². The summed E-state index contributed by atoms with van der Waals surface area (Å²) in [6, 6.07) is 6.98. The van der Waals surface area contributed by atoms with Crippen LogP contribution < -0.4 is 0 Å². The largest absolute Gasteiger partial charge is 0.389 e. The Bertz CT molecular complexity index is 419. The third kappa shape index (κ3) is 3.35. The number of aliphatic hydroxyl groups is 1. The van der Waals surface area contributed by atoms with Gasteiger partial charge in [0.1, 0.15) is 0 Å². The predicted molar refractivity (Wildman–Crippen MR) is 77.3 cm³/mol.